The Morgan fingerprint density at radius 1 is 1.29 bits per heavy atom. The van der Waals surface area contributed by atoms with Crippen LogP contribution < -0.4 is 10.2 Å². The van der Waals surface area contributed by atoms with E-state index in [2.05, 4.69) is 5.32 Å². The molecule has 2 amide bonds. The summed E-state index contributed by atoms with van der Waals surface area (Å²) in [5, 5.41) is 20.4. The third kappa shape index (κ3) is 3.95. The van der Waals surface area contributed by atoms with Crippen molar-refractivity contribution in [3.63, 3.8) is 0 Å². The number of carbonyl (C=O) groups is 2. The van der Waals surface area contributed by atoms with Gasteiger partial charge in [-0.05, 0) is 30.9 Å². The highest BCUT2D eigenvalue weighted by molar-refractivity contribution is 5.93. The van der Waals surface area contributed by atoms with Gasteiger partial charge < -0.3 is 15.5 Å². The molecule has 1 atom stereocenters. The lowest BCUT2D eigenvalue weighted by molar-refractivity contribution is -0.146. The molecule has 1 aromatic carbocycles. The fraction of sp³-hybridized carbons (Fsp3) is 0.467. The number of carbonyl (C=O) groups excluding carboxylic acids is 1. The van der Waals surface area contributed by atoms with E-state index in [1.165, 1.54) is 0 Å². The number of rotatable bonds is 4. The number of aliphatic hydroxyl groups is 1. The first-order valence-electron chi connectivity index (χ1n) is 7.13. The monoisotopic (exact) mass is 292 g/mol. The Balaban J connectivity index is 1.97. The molecule has 3 N–H and O–H groups in total. The van der Waals surface area contributed by atoms with Crippen LogP contribution in [-0.2, 0) is 11.2 Å². The molecule has 1 heterocycles. The molecule has 1 aliphatic rings. The standard InChI is InChI=1S/C15H20N2O4/c18-13(14(19)20)8-9-16-15(21)17-10-4-3-6-11-5-1-2-7-12(11)17/h1-2,5,7,13,18H,3-4,6,8-10H2,(H,16,21)(H,19,20)/t13-/m0/s1. The van der Waals surface area contributed by atoms with Gasteiger partial charge in [0.25, 0.3) is 0 Å². The molecule has 2 rings (SSSR count). The number of hydrogen-bond donors (Lipinski definition) is 3. The molecule has 0 aliphatic carbocycles. The van der Waals surface area contributed by atoms with Crippen LogP contribution in [0.2, 0.25) is 0 Å². The molecule has 0 fully saturated rings. The van der Waals surface area contributed by atoms with Crippen molar-refractivity contribution in [2.45, 2.75) is 31.8 Å². The lowest BCUT2D eigenvalue weighted by atomic mass is 10.1. The third-order valence-electron chi connectivity index (χ3n) is 3.58. The highest BCUT2D eigenvalue weighted by Gasteiger charge is 2.21. The zero-order chi connectivity index (χ0) is 15.2. The fourth-order valence-corrected chi connectivity index (χ4v) is 2.44. The minimum atomic E-state index is -1.44. The lowest BCUT2D eigenvalue weighted by Crippen LogP contribution is -2.42. The van der Waals surface area contributed by atoms with Crippen LogP contribution in [0.3, 0.4) is 0 Å². The predicted octanol–water partition coefficient (Wildman–Crippen LogP) is 1.37. The van der Waals surface area contributed by atoms with Crippen LogP contribution in [0.4, 0.5) is 10.5 Å². The maximum Gasteiger partial charge on any atom is 0.332 e. The van der Waals surface area contributed by atoms with Gasteiger partial charge in [-0.1, -0.05) is 18.2 Å². The summed E-state index contributed by atoms with van der Waals surface area (Å²) in [6.07, 6.45) is 1.48. The van der Waals surface area contributed by atoms with E-state index in [1.54, 1.807) is 4.90 Å². The molecular weight excluding hydrogens is 272 g/mol. The SMILES string of the molecule is O=C(O)[C@@H](O)CCNC(=O)N1CCCCc2ccccc21. The summed E-state index contributed by atoms with van der Waals surface area (Å²) in [6, 6.07) is 7.56. The number of anilines is 1. The highest BCUT2D eigenvalue weighted by Crippen LogP contribution is 2.25. The average molecular weight is 292 g/mol. The molecule has 1 aliphatic heterocycles. The summed E-state index contributed by atoms with van der Waals surface area (Å²) in [5.74, 6) is -1.27. The Hall–Kier alpha value is -2.08. The molecule has 0 spiro atoms. The highest BCUT2D eigenvalue weighted by atomic mass is 16.4. The number of carboxylic acids is 1. The molecule has 6 heteroatoms. The van der Waals surface area contributed by atoms with Crippen LogP contribution in [0, 0.1) is 0 Å². The molecule has 114 valence electrons. The lowest BCUT2D eigenvalue weighted by Gasteiger charge is -2.23. The van der Waals surface area contributed by atoms with Gasteiger partial charge in [0.2, 0.25) is 0 Å². The number of aryl methyl sites for hydroxylation is 1. The van der Waals surface area contributed by atoms with Gasteiger partial charge in [0, 0.05) is 25.2 Å². The summed E-state index contributed by atoms with van der Waals surface area (Å²) in [4.78, 5) is 24.5. The number of urea groups is 1. The number of aliphatic hydroxyl groups excluding tert-OH is 1. The Labute approximate surface area is 123 Å². The largest absolute Gasteiger partial charge is 0.479 e. The number of aliphatic carboxylic acids is 1. The third-order valence-corrected chi connectivity index (χ3v) is 3.58. The molecule has 21 heavy (non-hydrogen) atoms. The van der Waals surface area contributed by atoms with Crippen molar-refractivity contribution in [3.8, 4) is 0 Å². The number of amides is 2. The van der Waals surface area contributed by atoms with E-state index in [0.717, 1.165) is 30.5 Å². The zero-order valence-electron chi connectivity index (χ0n) is 11.8. The maximum atomic E-state index is 12.3. The van der Waals surface area contributed by atoms with Gasteiger partial charge in [0.15, 0.2) is 6.10 Å². The smallest absolute Gasteiger partial charge is 0.332 e. The molecular formula is C15H20N2O4. The van der Waals surface area contributed by atoms with Crippen LogP contribution in [-0.4, -0.2) is 41.4 Å². The fourth-order valence-electron chi connectivity index (χ4n) is 2.44. The Kier molecular flexibility index (Phi) is 5.16. The number of para-hydroxylation sites is 1. The van der Waals surface area contributed by atoms with Gasteiger partial charge in [-0.3, -0.25) is 4.90 Å². The Morgan fingerprint density at radius 3 is 2.81 bits per heavy atom. The summed E-state index contributed by atoms with van der Waals surface area (Å²) in [6.45, 7) is 0.773. The Bertz CT molecular complexity index is 518. The van der Waals surface area contributed by atoms with Crippen molar-refractivity contribution in [1.29, 1.82) is 0 Å². The van der Waals surface area contributed by atoms with Gasteiger partial charge in [0.1, 0.15) is 0 Å². The van der Waals surface area contributed by atoms with Crippen LogP contribution in [0.1, 0.15) is 24.8 Å². The first-order chi connectivity index (χ1) is 10.1. The molecule has 0 bridgehead atoms. The number of benzene rings is 1. The van der Waals surface area contributed by atoms with E-state index >= 15 is 0 Å². The molecule has 0 aromatic heterocycles. The van der Waals surface area contributed by atoms with Gasteiger partial charge in [0.05, 0.1) is 0 Å². The Morgan fingerprint density at radius 2 is 2.05 bits per heavy atom. The summed E-state index contributed by atoms with van der Waals surface area (Å²) < 4.78 is 0. The summed E-state index contributed by atoms with van der Waals surface area (Å²) in [7, 11) is 0. The van der Waals surface area contributed by atoms with Crippen LogP contribution >= 0.6 is 0 Å². The molecule has 6 nitrogen and oxygen atoms in total. The molecule has 0 radical (unpaired) electrons. The summed E-state index contributed by atoms with van der Waals surface area (Å²) in [5.41, 5.74) is 2.06. The van der Waals surface area contributed by atoms with E-state index in [-0.39, 0.29) is 19.0 Å². The van der Waals surface area contributed by atoms with Crippen LogP contribution in [0.5, 0.6) is 0 Å². The van der Waals surface area contributed by atoms with E-state index < -0.39 is 12.1 Å². The minimum absolute atomic E-state index is 0.00341. The van der Waals surface area contributed by atoms with E-state index in [0.29, 0.717) is 6.54 Å². The number of nitrogens with one attached hydrogen (secondary N) is 1. The van der Waals surface area contributed by atoms with Crippen molar-refractivity contribution in [2.75, 3.05) is 18.0 Å². The second kappa shape index (κ2) is 7.08. The normalized spacial score (nSPS) is 15.8. The van der Waals surface area contributed by atoms with Gasteiger partial charge in [-0.15, -0.1) is 0 Å². The van der Waals surface area contributed by atoms with Gasteiger partial charge in [-0.25, -0.2) is 9.59 Å². The zero-order valence-corrected chi connectivity index (χ0v) is 11.8. The minimum Gasteiger partial charge on any atom is -0.479 e. The summed E-state index contributed by atoms with van der Waals surface area (Å²) >= 11 is 0. The van der Waals surface area contributed by atoms with Crippen molar-refractivity contribution in [1.82, 2.24) is 5.32 Å². The quantitative estimate of drug-likeness (QED) is 0.782. The second-order valence-electron chi connectivity index (χ2n) is 5.11. The van der Waals surface area contributed by atoms with Crippen LogP contribution in [0.15, 0.2) is 24.3 Å². The van der Waals surface area contributed by atoms with Crippen molar-refractivity contribution in [2.24, 2.45) is 0 Å². The number of fused-ring (bicyclic) bond motifs is 1. The number of hydrogen-bond acceptors (Lipinski definition) is 3. The van der Waals surface area contributed by atoms with Gasteiger partial charge >= 0.3 is 12.0 Å². The molecule has 0 saturated heterocycles. The topological polar surface area (TPSA) is 89.9 Å². The van der Waals surface area contributed by atoms with Crippen molar-refractivity contribution >= 4 is 17.7 Å². The second-order valence-corrected chi connectivity index (χ2v) is 5.11. The molecule has 0 saturated carbocycles. The van der Waals surface area contributed by atoms with Crippen LogP contribution in [0.25, 0.3) is 0 Å². The van der Waals surface area contributed by atoms with E-state index in [4.69, 9.17) is 5.11 Å². The first-order valence-corrected chi connectivity index (χ1v) is 7.13. The molecule has 0 unspecified atom stereocenters. The number of nitrogens with zero attached hydrogens (tertiary/aromatic N) is 1. The number of carboxylic acid groups (broad SMARTS) is 1. The molecule has 1 aromatic rings. The van der Waals surface area contributed by atoms with E-state index in [1.807, 2.05) is 24.3 Å². The predicted molar refractivity (Wildman–Crippen MR) is 78.4 cm³/mol. The van der Waals surface area contributed by atoms with E-state index in [9.17, 15) is 14.7 Å². The maximum absolute atomic E-state index is 12.3. The average Bonchev–Trinajstić information content (AvgIpc) is 2.69. The van der Waals surface area contributed by atoms with Crippen molar-refractivity contribution < 1.29 is 19.8 Å². The first kappa shape index (κ1) is 15.3. The van der Waals surface area contributed by atoms with Gasteiger partial charge in [-0.2, -0.15) is 0 Å². The van der Waals surface area contributed by atoms with Crippen molar-refractivity contribution in [3.05, 3.63) is 29.8 Å².